The number of hydrogen-bond acceptors (Lipinski definition) is 3. The van der Waals surface area contributed by atoms with Gasteiger partial charge in [0.2, 0.25) is 0 Å². The first-order valence-electron chi connectivity index (χ1n) is 3.93. The largest absolute Gasteiger partial charge is 0.322 e. The average molecular weight is 171 g/mol. The Morgan fingerprint density at radius 3 is 2.50 bits per heavy atom. The Hall–Kier alpha value is -1.10. The first-order valence-corrected chi connectivity index (χ1v) is 3.93. The number of likely N-dealkylation sites (N-methyl/N-ethyl adjacent to an activating group) is 1. The van der Waals surface area contributed by atoms with Gasteiger partial charge in [0.1, 0.15) is 5.54 Å². The van der Waals surface area contributed by atoms with Crippen LogP contribution in [0.2, 0.25) is 0 Å². The van der Waals surface area contributed by atoms with Crippen molar-refractivity contribution in [1.82, 2.24) is 16.0 Å². The van der Waals surface area contributed by atoms with Gasteiger partial charge in [-0.1, -0.05) is 6.92 Å². The zero-order valence-electron chi connectivity index (χ0n) is 7.23. The summed E-state index contributed by atoms with van der Waals surface area (Å²) in [5.74, 6) is -0.246. The van der Waals surface area contributed by atoms with E-state index < -0.39 is 11.6 Å². The van der Waals surface area contributed by atoms with Crippen LogP contribution in [0, 0.1) is 0 Å². The van der Waals surface area contributed by atoms with E-state index >= 15 is 0 Å². The van der Waals surface area contributed by atoms with Gasteiger partial charge >= 0.3 is 6.03 Å². The van der Waals surface area contributed by atoms with E-state index in [1.165, 1.54) is 0 Å². The minimum absolute atomic E-state index is 0.246. The molecule has 0 aromatic carbocycles. The molecule has 5 heteroatoms. The number of imide groups is 1. The molecule has 1 aliphatic heterocycles. The second kappa shape index (κ2) is 3.10. The van der Waals surface area contributed by atoms with Crippen molar-refractivity contribution in [3.8, 4) is 0 Å². The number of hydrogen-bond donors (Lipinski definition) is 3. The molecule has 0 saturated carbocycles. The van der Waals surface area contributed by atoms with Crippen LogP contribution in [0.1, 0.15) is 13.3 Å². The van der Waals surface area contributed by atoms with E-state index in [-0.39, 0.29) is 5.91 Å². The van der Waals surface area contributed by atoms with Crippen molar-refractivity contribution in [1.29, 1.82) is 0 Å². The fraction of sp³-hybridized carbons (Fsp3) is 0.714. The maximum atomic E-state index is 11.3. The molecule has 5 nitrogen and oxygen atoms in total. The highest BCUT2D eigenvalue weighted by molar-refractivity contribution is 6.07. The molecule has 1 aliphatic rings. The highest BCUT2D eigenvalue weighted by atomic mass is 16.2. The summed E-state index contributed by atoms with van der Waals surface area (Å²) in [4.78, 5) is 22.1. The summed E-state index contributed by atoms with van der Waals surface area (Å²) in [6.07, 6.45) is 0.589. The molecule has 0 radical (unpaired) electrons. The lowest BCUT2D eigenvalue weighted by Crippen LogP contribution is -2.53. The minimum atomic E-state index is -0.744. The number of carbonyl (C=O) groups excluding carboxylic acids is 2. The van der Waals surface area contributed by atoms with Crippen molar-refractivity contribution < 1.29 is 9.59 Å². The summed E-state index contributed by atoms with van der Waals surface area (Å²) in [5, 5.41) is 7.70. The quantitative estimate of drug-likeness (QED) is 0.486. The van der Waals surface area contributed by atoms with E-state index in [2.05, 4.69) is 16.0 Å². The van der Waals surface area contributed by atoms with E-state index in [9.17, 15) is 9.59 Å². The summed E-state index contributed by atoms with van der Waals surface area (Å²) < 4.78 is 0. The number of amides is 3. The molecule has 1 fully saturated rings. The molecule has 1 atom stereocenters. The lowest BCUT2D eigenvalue weighted by atomic mass is 9.97. The first-order chi connectivity index (χ1) is 5.64. The molecular formula is C7H13N3O2. The predicted octanol–water partition coefficient (Wildman–Crippen LogP) is -0.806. The molecule has 12 heavy (non-hydrogen) atoms. The van der Waals surface area contributed by atoms with Gasteiger partial charge in [-0.3, -0.25) is 10.1 Å². The van der Waals surface area contributed by atoms with Crippen molar-refractivity contribution >= 4 is 11.9 Å². The molecule has 3 amide bonds. The van der Waals surface area contributed by atoms with Gasteiger partial charge in [-0.15, -0.1) is 0 Å². The standard InChI is InChI=1S/C7H13N3O2/c1-3-7(4-8-2)5(11)9-6(12)10-7/h8H,3-4H2,1-2H3,(H2,9,10,11,12). The van der Waals surface area contributed by atoms with E-state index in [1.807, 2.05) is 6.92 Å². The van der Waals surface area contributed by atoms with Gasteiger partial charge < -0.3 is 10.6 Å². The Balaban J connectivity index is 2.78. The predicted molar refractivity (Wildman–Crippen MR) is 43.6 cm³/mol. The number of nitrogens with one attached hydrogen (secondary N) is 3. The maximum absolute atomic E-state index is 11.3. The van der Waals surface area contributed by atoms with Crippen molar-refractivity contribution in [2.45, 2.75) is 18.9 Å². The lowest BCUT2D eigenvalue weighted by molar-refractivity contribution is -0.123. The van der Waals surface area contributed by atoms with Crippen LogP contribution in [0.15, 0.2) is 0 Å². The molecular weight excluding hydrogens is 158 g/mol. The van der Waals surface area contributed by atoms with E-state index in [0.29, 0.717) is 13.0 Å². The fourth-order valence-corrected chi connectivity index (χ4v) is 1.33. The van der Waals surface area contributed by atoms with Crippen LogP contribution in [-0.2, 0) is 4.79 Å². The van der Waals surface area contributed by atoms with Crippen molar-refractivity contribution in [2.75, 3.05) is 13.6 Å². The average Bonchev–Trinajstić information content (AvgIpc) is 2.28. The summed E-state index contributed by atoms with van der Waals surface area (Å²) in [6, 6.07) is -0.405. The summed E-state index contributed by atoms with van der Waals surface area (Å²) >= 11 is 0. The van der Waals surface area contributed by atoms with Gasteiger partial charge in [0.15, 0.2) is 0 Å². The van der Waals surface area contributed by atoms with Gasteiger partial charge in [-0.05, 0) is 13.5 Å². The van der Waals surface area contributed by atoms with Crippen LogP contribution in [0.5, 0.6) is 0 Å². The van der Waals surface area contributed by atoms with Crippen molar-refractivity contribution in [3.63, 3.8) is 0 Å². The van der Waals surface area contributed by atoms with E-state index in [1.54, 1.807) is 7.05 Å². The van der Waals surface area contributed by atoms with Crippen LogP contribution >= 0.6 is 0 Å². The smallest absolute Gasteiger partial charge is 0.322 e. The molecule has 68 valence electrons. The minimum Gasteiger partial charge on any atom is -0.322 e. The van der Waals surface area contributed by atoms with Crippen LogP contribution in [-0.4, -0.2) is 31.1 Å². The van der Waals surface area contributed by atoms with Crippen LogP contribution < -0.4 is 16.0 Å². The highest BCUT2D eigenvalue weighted by Gasteiger charge is 2.43. The first kappa shape index (κ1) is 8.99. The fourth-order valence-electron chi connectivity index (χ4n) is 1.33. The zero-order chi connectivity index (χ0) is 9.19. The Labute approximate surface area is 70.9 Å². The van der Waals surface area contributed by atoms with Gasteiger partial charge in [-0.2, -0.15) is 0 Å². The van der Waals surface area contributed by atoms with Gasteiger partial charge in [-0.25, -0.2) is 4.79 Å². The molecule has 0 aromatic heterocycles. The van der Waals surface area contributed by atoms with Gasteiger partial charge in [0.25, 0.3) is 5.91 Å². The molecule has 1 saturated heterocycles. The molecule has 0 aliphatic carbocycles. The van der Waals surface area contributed by atoms with Crippen LogP contribution in [0.4, 0.5) is 4.79 Å². The summed E-state index contributed by atoms with van der Waals surface area (Å²) in [6.45, 7) is 2.32. The number of rotatable bonds is 3. The lowest BCUT2D eigenvalue weighted by Gasteiger charge is -2.23. The summed E-state index contributed by atoms with van der Waals surface area (Å²) in [7, 11) is 1.75. The summed E-state index contributed by atoms with van der Waals surface area (Å²) in [5.41, 5.74) is -0.744. The normalized spacial score (nSPS) is 28.5. The Bertz CT molecular complexity index is 217. The third kappa shape index (κ3) is 1.27. The van der Waals surface area contributed by atoms with Crippen LogP contribution in [0.25, 0.3) is 0 Å². The molecule has 0 bridgehead atoms. The Morgan fingerprint density at radius 2 is 2.17 bits per heavy atom. The second-order valence-electron chi connectivity index (χ2n) is 2.87. The van der Waals surface area contributed by atoms with Gasteiger partial charge in [0, 0.05) is 6.54 Å². The SMILES string of the molecule is CCC1(CNC)NC(=O)NC1=O. The van der Waals surface area contributed by atoms with Gasteiger partial charge in [0.05, 0.1) is 0 Å². The Morgan fingerprint density at radius 1 is 1.50 bits per heavy atom. The third-order valence-electron chi connectivity index (χ3n) is 2.10. The van der Waals surface area contributed by atoms with Crippen LogP contribution in [0.3, 0.4) is 0 Å². The zero-order valence-corrected chi connectivity index (χ0v) is 7.23. The molecule has 1 heterocycles. The second-order valence-corrected chi connectivity index (χ2v) is 2.87. The maximum Gasteiger partial charge on any atom is 0.322 e. The monoisotopic (exact) mass is 171 g/mol. The Kier molecular flexibility index (Phi) is 2.32. The molecule has 1 rings (SSSR count). The molecule has 0 spiro atoms. The highest BCUT2D eigenvalue weighted by Crippen LogP contribution is 2.13. The van der Waals surface area contributed by atoms with E-state index in [4.69, 9.17) is 0 Å². The third-order valence-corrected chi connectivity index (χ3v) is 2.10. The number of urea groups is 1. The molecule has 1 unspecified atom stereocenters. The van der Waals surface area contributed by atoms with Crippen molar-refractivity contribution in [3.05, 3.63) is 0 Å². The number of carbonyl (C=O) groups is 2. The molecule has 3 N–H and O–H groups in total. The topological polar surface area (TPSA) is 70.2 Å². The van der Waals surface area contributed by atoms with E-state index in [0.717, 1.165) is 0 Å². The molecule has 0 aromatic rings. The van der Waals surface area contributed by atoms with Crippen molar-refractivity contribution in [2.24, 2.45) is 0 Å².